The predicted molar refractivity (Wildman–Crippen MR) is 70.6 cm³/mol. The summed E-state index contributed by atoms with van der Waals surface area (Å²) in [5.41, 5.74) is 4.50. The van der Waals surface area contributed by atoms with Gasteiger partial charge in [-0.25, -0.2) is 0 Å². The summed E-state index contributed by atoms with van der Waals surface area (Å²) in [5, 5.41) is 2.75. The van der Waals surface area contributed by atoms with E-state index in [0.29, 0.717) is 7.18 Å². The molecule has 5 heteroatoms. The number of halogens is 3. The van der Waals surface area contributed by atoms with Crippen LogP contribution in [0.2, 0.25) is 0 Å². The van der Waals surface area contributed by atoms with Crippen LogP contribution in [0.25, 0.3) is 0 Å². The largest absolute Gasteiger partial charge is 0.333 e. The SMILES string of the molecule is C.CCl.CF.CI.CN.CNC. The Morgan fingerprint density at radius 1 is 1.08 bits per heavy atom. The van der Waals surface area contributed by atoms with Gasteiger partial charge >= 0.3 is 0 Å². The van der Waals surface area contributed by atoms with E-state index in [1.54, 1.807) is 0 Å². The van der Waals surface area contributed by atoms with Gasteiger partial charge in [-0.2, -0.15) is 0 Å². The van der Waals surface area contributed by atoms with Gasteiger partial charge in [0.15, 0.2) is 0 Å². The van der Waals surface area contributed by atoms with Crippen LogP contribution in [0.3, 0.4) is 0 Å². The summed E-state index contributed by atoms with van der Waals surface area (Å²) in [4.78, 5) is 1.97. The molecule has 0 atom stereocenters. The van der Waals surface area contributed by atoms with Crippen molar-refractivity contribution in [2.45, 2.75) is 7.43 Å². The van der Waals surface area contributed by atoms with Gasteiger partial charge in [0.05, 0.1) is 7.18 Å². The Morgan fingerprint density at radius 2 is 1.08 bits per heavy atom. The first-order valence-electron chi connectivity index (χ1n) is 2.71. The zero-order chi connectivity index (χ0) is 10.7. The lowest BCUT2D eigenvalue weighted by Gasteiger charge is -1.59. The number of rotatable bonds is 0. The minimum atomic E-state index is 0. The highest BCUT2D eigenvalue weighted by molar-refractivity contribution is 14.1. The predicted octanol–water partition coefficient (Wildman–Crippen LogP) is 2.54. The molecule has 12 heavy (non-hydrogen) atoms. The van der Waals surface area contributed by atoms with Gasteiger partial charge in [0, 0.05) is 6.38 Å². The third kappa shape index (κ3) is 1400. The molecule has 3 N–H and O–H groups in total. The maximum Gasteiger partial charge on any atom is 0.0785 e. The highest BCUT2D eigenvalue weighted by Crippen LogP contribution is 1.48. The van der Waals surface area contributed by atoms with Gasteiger partial charge in [-0.3, -0.25) is 4.39 Å². The first-order chi connectivity index (χ1) is 5.41. The molecular formula is C7H25ClFIN2. The quantitative estimate of drug-likeness (QED) is 0.532. The van der Waals surface area contributed by atoms with Gasteiger partial charge in [0.2, 0.25) is 0 Å². The Kier molecular flexibility index (Phi) is 1280. The van der Waals surface area contributed by atoms with Crippen LogP contribution in [0.5, 0.6) is 0 Å². The van der Waals surface area contributed by atoms with Crippen molar-refractivity contribution in [2.75, 3.05) is 39.6 Å². The smallest absolute Gasteiger partial charge is 0.0785 e. The molecule has 0 bridgehead atoms. The second kappa shape index (κ2) is 401. The monoisotopic (exact) mass is 318 g/mol. The Balaban J connectivity index is -0.00000000933. The van der Waals surface area contributed by atoms with Crippen molar-refractivity contribution in [1.29, 1.82) is 0 Å². The van der Waals surface area contributed by atoms with Crippen molar-refractivity contribution in [3.8, 4) is 0 Å². The highest BCUT2D eigenvalue weighted by Gasteiger charge is 1.25. The highest BCUT2D eigenvalue weighted by atomic mass is 127. The topological polar surface area (TPSA) is 38.0 Å². The van der Waals surface area contributed by atoms with Crippen LogP contribution < -0.4 is 11.1 Å². The van der Waals surface area contributed by atoms with Crippen molar-refractivity contribution >= 4 is 34.2 Å². The van der Waals surface area contributed by atoms with E-state index in [4.69, 9.17) is 0 Å². The van der Waals surface area contributed by atoms with E-state index in [2.05, 4.69) is 45.2 Å². The lowest BCUT2D eigenvalue weighted by molar-refractivity contribution is 0.636. The Morgan fingerprint density at radius 3 is 1.08 bits per heavy atom. The number of nitrogens with one attached hydrogen (secondary N) is 1. The van der Waals surface area contributed by atoms with Gasteiger partial charge in [0.25, 0.3) is 0 Å². The molecule has 0 amide bonds. The fourth-order valence-corrected chi connectivity index (χ4v) is 0. The molecule has 0 aliphatic heterocycles. The van der Waals surface area contributed by atoms with Gasteiger partial charge in [-0.15, -0.1) is 11.6 Å². The van der Waals surface area contributed by atoms with Crippen molar-refractivity contribution in [3.05, 3.63) is 0 Å². The standard InChI is InChI=1S/C2H7N.CH3Cl.CH3F.CH3I.CH5N.CH4/c1-3-2;4*1-2;/h3H,1-2H3;3*1H3;2H2,1H3;1H4. The molecule has 0 saturated heterocycles. The lowest BCUT2D eigenvalue weighted by Crippen LogP contribution is -1.89. The van der Waals surface area contributed by atoms with E-state index in [1.165, 1.54) is 13.4 Å². The molecular weight excluding hydrogens is 293 g/mol. The average Bonchev–Trinajstić information content (AvgIpc) is 2.18. The zero-order valence-electron chi connectivity index (χ0n) is 8.21. The van der Waals surface area contributed by atoms with Crippen LogP contribution in [0, 0.1) is 0 Å². The molecule has 0 rings (SSSR count). The van der Waals surface area contributed by atoms with E-state index in [0.717, 1.165) is 0 Å². The minimum Gasteiger partial charge on any atom is -0.333 e. The molecule has 0 spiro atoms. The summed E-state index contributed by atoms with van der Waals surface area (Å²) in [7, 11) is 5.75. The number of hydrogen-bond acceptors (Lipinski definition) is 2. The maximum absolute atomic E-state index is 9.50. The van der Waals surface area contributed by atoms with Gasteiger partial charge in [-0.1, -0.05) is 30.0 Å². The summed E-state index contributed by atoms with van der Waals surface area (Å²) in [6, 6.07) is 0. The molecule has 0 heterocycles. The lowest BCUT2D eigenvalue weighted by atomic mass is 11.3. The van der Waals surface area contributed by atoms with Crippen LogP contribution in [-0.2, 0) is 0 Å². The first kappa shape index (κ1) is 38.4. The van der Waals surface area contributed by atoms with Gasteiger partial charge in [0.1, 0.15) is 0 Å². The van der Waals surface area contributed by atoms with E-state index < -0.39 is 0 Å². The molecule has 0 fully saturated rings. The molecule has 84 valence electrons. The fraction of sp³-hybridized carbons (Fsp3) is 1.00. The summed E-state index contributed by atoms with van der Waals surface area (Å²) >= 11 is 6.79. The molecule has 0 aromatic rings. The van der Waals surface area contributed by atoms with Crippen molar-refractivity contribution < 1.29 is 4.39 Å². The molecule has 0 aliphatic rings. The van der Waals surface area contributed by atoms with E-state index in [9.17, 15) is 4.39 Å². The second-order valence-corrected chi connectivity index (χ2v) is 0.500. The molecule has 0 unspecified atom stereocenters. The van der Waals surface area contributed by atoms with Gasteiger partial charge in [-0.05, 0) is 26.1 Å². The van der Waals surface area contributed by atoms with E-state index in [1.807, 2.05) is 19.0 Å². The summed E-state index contributed by atoms with van der Waals surface area (Å²) in [6.45, 7) is 0. The first-order valence-corrected chi connectivity index (χ1v) is 5.62. The Labute approximate surface area is 96.6 Å². The average molecular weight is 319 g/mol. The Hall–Kier alpha value is 0.870. The van der Waals surface area contributed by atoms with E-state index in [-0.39, 0.29) is 7.43 Å². The number of hydrogen-bond donors (Lipinski definition) is 2. The molecule has 0 saturated carbocycles. The molecule has 0 aliphatic carbocycles. The fourth-order valence-electron chi connectivity index (χ4n) is 0. The molecule has 0 radical (unpaired) electrons. The van der Waals surface area contributed by atoms with Crippen LogP contribution in [-0.4, -0.2) is 39.6 Å². The van der Waals surface area contributed by atoms with Crippen molar-refractivity contribution in [1.82, 2.24) is 5.32 Å². The molecule has 0 aromatic carbocycles. The summed E-state index contributed by atoms with van der Waals surface area (Å²) < 4.78 is 9.50. The maximum atomic E-state index is 9.50. The Bertz CT molecular complexity index is 21.4. The number of nitrogens with two attached hydrogens (primary N) is 1. The van der Waals surface area contributed by atoms with Crippen molar-refractivity contribution in [2.24, 2.45) is 5.73 Å². The van der Waals surface area contributed by atoms with Gasteiger partial charge < -0.3 is 11.1 Å². The summed E-state index contributed by atoms with van der Waals surface area (Å²) in [5.74, 6) is 0. The minimum absolute atomic E-state index is 0. The van der Waals surface area contributed by atoms with Crippen LogP contribution in [0.4, 0.5) is 4.39 Å². The van der Waals surface area contributed by atoms with Crippen LogP contribution in [0.15, 0.2) is 0 Å². The van der Waals surface area contributed by atoms with Crippen LogP contribution >= 0.6 is 34.2 Å². The normalized spacial score (nSPS) is 3.50. The molecule has 2 nitrogen and oxygen atoms in total. The number of alkyl halides is 3. The zero-order valence-corrected chi connectivity index (χ0v) is 11.1. The summed E-state index contributed by atoms with van der Waals surface area (Å²) in [6.07, 6.45) is 1.47. The third-order valence-electron chi connectivity index (χ3n) is 0. The second-order valence-electron chi connectivity index (χ2n) is 0.500. The van der Waals surface area contributed by atoms with Crippen LogP contribution in [0.1, 0.15) is 7.43 Å². The van der Waals surface area contributed by atoms with E-state index >= 15 is 0 Å². The third-order valence-corrected chi connectivity index (χ3v) is 0. The van der Waals surface area contributed by atoms with Crippen molar-refractivity contribution in [3.63, 3.8) is 0 Å². The molecule has 0 aromatic heterocycles.